The third kappa shape index (κ3) is 2.19. The lowest BCUT2D eigenvalue weighted by atomic mass is 9.55. The summed E-state index contributed by atoms with van der Waals surface area (Å²) in [4.78, 5) is 0. The highest BCUT2D eigenvalue weighted by Gasteiger charge is 2.59. The van der Waals surface area contributed by atoms with Crippen molar-refractivity contribution in [2.24, 2.45) is 5.41 Å². The monoisotopic (exact) mass is 326 g/mol. The van der Waals surface area contributed by atoms with Crippen LogP contribution >= 0.6 is 0 Å². The van der Waals surface area contributed by atoms with Crippen LogP contribution in [-0.4, -0.2) is 16.8 Å². The van der Waals surface area contributed by atoms with Crippen LogP contribution in [0.1, 0.15) is 82.4 Å². The number of rotatable bonds is 4. The van der Waals surface area contributed by atoms with Crippen LogP contribution in [0.25, 0.3) is 6.08 Å². The summed E-state index contributed by atoms with van der Waals surface area (Å²) in [5.41, 5.74) is 4.90. The molecule has 1 aromatic carbocycles. The minimum atomic E-state index is -0.736. The summed E-state index contributed by atoms with van der Waals surface area (Å²) < 4.78 is 6.39. The number of aliphatic hydroxyl groups is 1. The van der Waals surface area contributed by atoms with Crippen LogP contribution in [-0.2, 0) is 6.42 Å². The molecule has 3 aliphatic rings. The van der Waals surface area contributed by atoms with Crippen LogP contribution in [0.5, 0.6) is 5.75 Å². The molecule has 4 rings (SSSR count). The maximum absolute atomic E-state index is 10.9. The number of aryl methyl sites for hydroxylation is 1. The van der Waals surface area contributed by atoms with E-state index >= 15 is 0 Å². The molecule has 0 amide bonds. The second kappa shape index (κ2) is 5.36. The maximum atomic E-state index is 10.9. The fourth-order valence-electron chi connectivity index (χ4n) is 5.13. The lowest BCUT2D eigenvalue weighted by Gasteiger charge is -2.50. The van der Waals surface area contributed by atoms with Gasteiger partial charge in [-0.3, -0.25) is 0 Å². The van der Waals surface area contributed by atoms with E-state index in [0.29, 0.717) is 5.92 Å². The van der Waals surface area contributed by atoms with E-state index in [0.717, 1.165) is 25.0 Å². The van der Waals surface area contributed by atoms with E-state index in [1.807, 2.05) is 6.92 Å². The van der Waals surface area contributed by atoms with Crippen molar-refractivity contribution >= 4 is 6.08 Å². The average Bonchev–Trinajstić information content (AvgIpc) is 2.93. The van der Waals surface area contributed by atoms with E-state index in [1.165, 1.54) is 41.5 Å². The second-order valence-corrected chi connectivity index (χ2v) is 8.67. The van der Waals surface area contributed by atoms with Crippen molar-refractivity contribution in [1.82, 2.24) is 0 Å². The maximum Gasteiger partial charge on any atom is 0.135 e. The van der Waals surface area contributed by atoms with Crippen LogP contribution in [0.3, 0.4) is 0 Å². The van der Waals surface area contributed by atoms with Gasteiger partial charge in [-0.05, 0) is 62.1 Å². The molecule has 4 atom stereocenters. The molecule has 2 nitrogen and oxygen atoms in total. The molecule has 0 spiro atoms. The largest absolute Gasteiger partial charge is 0.486 e. The van der Waals surface area contributed by atoms with E-state index in [2.05, 4.69) is 39.0 Å². The molecule has 24 heavy (non-hydrogen) atoms. The van der Waals surface area contributed by atoms with Crippen molar-refractivity contribution in [2.45, 2.75) is 83.8 Å². The first-order valence-corrected chi connectivity index (χ1v) is 9.61. The van der Waals surface area contributed by atoms with Crippen LogP contribution in [0.15, 0.2) is 17.7 Å². The summed E-state index contributed by atoms with van der Waals surface area (Å²) in [6.45, 7) is 8.83. The quantitative estimate of drug-likeness (QED) is 0.768. The lowest BCUT2D eigenvalue weighted by Crippen LogP contribution is -2.54. The van der Waals surface area contributed by atoms with Crippen molar-refractivity contribution in [3.05, 3.63) is 34.4 Å². The van der Waals surface area contributed by atoms with Crippen molar-refractivity contribution in [3.8, 4) is 5.75 Å². The van der Waals surface area contributed by atoms with Crippen LogP contribution in [0.2, 0.25) is 0 Å². The average molecular weight is 326 g/mol. The standard InChI is InChI=1S/C22H30O2/c1-5-6-7-8-15-12-16-11-14(2)21(3)9-10-22(4,23)20-19(21)18(16)17(13-15)24-20/h11-13,19-20,23H,5-10H2,1-4H3/t19-,20+,21+,22+/m1/s1. The van der Waals surface area contributed by atoms with Crippen LogP contribution in [0.4, 0.5) is 0 Å². The zero-order chi connectivity index (χ0) is 17.1. The first kappa shape index (κ1) is 16.2. The van der Waals surface area contributed by atoms with Gasteiger partial charge < -0.3 is 9.84 Å². The molecule has 1 aromatic rings. The fourth-order valence-corrected chi connectivity index (χ4v) is 5.13. The summed E-state index contributed by atoms with van der Waals surface area (Å²) in [6.07, 6.45) is 8.99. The van der Waals surface area contributed by atoms with Gasteiger partial charge in [0.15, 0.2) is 0 Å². The van der Waals surface area contributed by atoms with Crippen molar-refractivity contribution in [1.29, 1.82) is 0 Å². The van der Waals surface area contributed by atoms with Crippen LogP contribution in [0, 0.1) is 5.41 Å². The van der Waals surface area contributed by atoms with Gasteiger partial charge in [-0.25, -0.2) is 0 Å². The number of ether oxygens (including phenoxy) is 1. The molecule has 1 aliphatic heterocycles. The smallest absolute Gasteiger partial charge is 0.135 e. The third-order valence-electron chi connectivity index (χ3n) is 6.89. The molecule has 130 valence electrons. The highest BCUT2D eigenvalue weighted by atomic mass is 16.5. The molecule has 2 aliphatic carbocycles. The van der Waals surface area contributed by atoms with Crippen LogP contribution < -0.4 is 4.74 Å². The topological polar surface area (TPSA) is 29.5 Å². The molecule has 2 heteroatoms. The number of unbranched alkanes of at least 4 members (excludes halogenated alkanes) is 2. The third-order valence-corrected chi connectivity index (χ3v) is 6.89. The summed E-state index contributed by atoms with van der Waals surface area (Å²) in [7, 11) is 0. The molecule has 0 unspecified atom stereocenters. The number of hydrogen-bond donors (Lipinski definition) is 1. The summed E-state index contributed by atoms with van der Waals surface area (Å²) >= 11 is 0. The van der Waals surface area contributed by atoms with Crippen molar-refractivity contribution < 1.29 is 9.84 Å². The van der Waals surface area contributed by atoms with Gasteiger partial charge in [0.05, 0.1) is 5.60 Å². The fraction of sp³-hybridized carbons (Fsp3) is 0.636. The minimum absolute atomic E-state index is 0.112. The van der Waals surface area contributed by atoms with Crippen molar-refractivity contribution in [3.63, 3.8) is 0 Å². The predicted octanol–water partition coefficient (Wildman–Crippen LogP) is 5.23. The van der Waals surface area contributed by atoms with Gasteiger partial charge in [0.2, 0.25) is 0 Å². The zero-order valence-corrected chi connectivity index (χ0v) is 15.5. The summed E-state index contributed by atoms with van der Waals surface area (Å²) in [5.74, 6) is 1.33. The first-order valence-electron chi connectivity index (χ1n) is 9.61. The van der Waals surface area contributed by atoms with Crippen molar-refractivity contribution in [2.75, 3.05) is 0 Å². The molecule has 0 radical (unpaired) electrons. The van der Waals surface area contributed by atoms with E-state index in [9.17, 15) is 5.11 Å². The SMILES string of the molecule is CCCCCc1cc2c3c(c1)O[C@H]1[C@@H]3[C@@](C)(CC[C@]1(C)O)C(C)=C2. The Morgan fingerprint density at radius 2 is 2.00 bits per heavy atom. The normalized spacial score (nSPS) is 36.1. The Bertz CT molecular complexity index is 700. The predicted molar refractivity (Wildman–Crippen MR) is 98.4 cm³/mol. The number of allylic oxidation sites excluding steroid dienone is 1. The van der Waals surface area contributed by atoms with E-state index in [-0.39, 0.29) is 11.5 Å². The molecule has 1 saturated carbocycles. The Hall–Kier alpha value is -1.28. The molecule has 0 bridgehead atoms. The molecular formula is C22H30O2. The molecule has 1 heterocycles. The number of hydrogen-bond acceptors (Lipinski definition) is 2. The van der Waals surface area contributed by atoms with E-state index < -0.39 is 5.60 Å². The van der Waals surface area contributed by atoms with Gasteiger partial charge in [0, 0.05) is 11.5 Å². The first-order chi connectivity index (χ1) is 11.4. The Morgan fingerprint density at radius 3 is 2.75 bits per heavy atom. The Kier molecular flexibility index (Phi) is 3.62. The van der Waals surface area contributed by atoms with E-state index in [4.69, 9.17) is 4.74 Å². The summed E-state index contributed by atoms with van der Waals surface area (Å²) in [6, 6.07) is 4.62. The molecule has 1 N–H and O–H groups in total. The summed E-state index contributed by atoms with van der Waals surface area (Å²) in [5, 5.41) is 10.9. The zero-order valence-electron chi connectivity index (χ0n) is 15.5. The highest BCUT2D eigenvalue weighted by molar-refractivity contribution is 5.69. The molecule has 0 aromatic heterocycles. The molecule has 0 saturated heterocycles. The van der Waals surface area contributed by atoms with Gasteiger partial charge in [-0.2, -0.15) is 0 Å². The van der Waals surface area contributed by atoms with Gasteiger partial charge in [0.1, 0.15) is 11.9 Å². The van der Waals surface area contributed by atoms with Gasteiger partial charge in [-0.15, -0.1) is 0 Å². The minimum Gasteiger partial charge on any atom is -0.486 e. The second-order valence-electron chi connectivity index (χ2n) is 8.67. The molecular weight excluding hydrogens is 296 g/mol. The van der Waals surface area contributed by atoms with Gasteiger partial charge in [-0.1, -0.05) is 44.4 Å². The highest BCUT2D eigenvalue weighted by Crippen LogP contribution is 2.63. The number of benzene rings is 1. The van der Waals surface area contributed by atoms with Gasteiger partial charge in [0.25, 0.3) is 0 Å². The Labute approximate surface area is 145 Å². The van der Waals surface area contributed by atoms with Gasteiger partial charge >= 0.3 is 0 Å². The van der Waals surface area contributed by atoms with E-state index in [1.54, 1.807) is 0 Å². The lowest BCUT2D eigenvalue weighted by molar-refractivity contribution is -0.0991. The molecule has 1 fully saturated rings. The Balaban J connectivity index is 1.79. The Morgan fingerprint density at radius 1 is 1.21 bits per heavy atom.